The molecule has 1 aromatic heterocycles. The average molecular weight is 367 g/mol. The number of fused-ring (bicyclic) bond motifs is 1. The van der Waals surface area contributed by atoms with Crippen LogP contribution in [-0.4, -0.2) is 28.0 Å². The van der Waals surface area contributed by atoms with Crippen molar-refractivity contribution in [2.24, 2.45) is 0 Å². The van der Waals surface area contributed by atoms with E-state index in [1.807, 2.05) is 29.0 Å². The molecule has 2 aromatic carbocycles. The summed E-state index contributed by atoms with van der Waals surface area (Å²) < 4.78 is 12.6. The number of aryl methyl sites for hydroxylation is 1. The third-order valence-electron chi connectivity index (χ3n) is 3.97. The molecule has 4 rings (SSSR count). The highest BCUT2D eigenvalue weighted by atomic mass is 32.2. The van der Waals surface area contributed by atoms with Crippen LogP contribution in [0.4, 0.5) is 5.69 Å². The van der Waals surface area contributed by atoms with Crippen LogP contribution >= 0.6 is 11.8 Å². The molecule has 3 aromatic rings. The Balaban J connectivity index is 1.41. The predicted molar refractivity (Wildman–Crippen MR) is 100 cm³/mol. The number of aromatic nitrogens is 2. The molecule has 0 fully saturated rings. The highest BCUT2D eigenvalue weighted by molar-refractivity contribution is 7.99. The summed E-state index contributed by atoms with van der Waals surface area (Å²) in [4.78, 5) is 16.7. The van der Waals surface area contributed by atoms with E-state index in [4.69, 9.17) is 9.47 Å². The standard InChI is InChI=1S/C19H17N3O3S/c1-13-4-2-3-5-15(13)22-9-8-20-19(22)26-11-18(23)21-14-6-7-16-17(10-14)25-12-24-16/h2-10H,11-12H2,1H3,(H,21,23). The summed E-state index contributed by atoms with van der Waals surface area (Å²) in [6.07, 6.45) is 3.64. The lowest BCUT2D eigenvalue weighted by Gasteiger charge is -2.10. The van der Waals surface area contributed by atoms with Gasteiger partial charge in [-0.1, -0.05) is 30.0 Å². The molecule has 0 saturated heterocycles. The monoisotopic (exact) mass is 367 g/mol. The van der Waals surface area contributed by atoms with Gasteiger partial charge >= 0.3 is 0 Å². The zero-order valence-corrected chi connectivity index (χ0v) is 15.0. The summed E-state index contributed by atoms with van der Waals surface area (Å²) in [5.74, 6) is 1.49. The minimum Gasteiger partial charge on any atom is -0.454 e. The fourth-order valence-corrected chi connectivity index (χ4v) is 3.48. The average Bonchev–Trinajstić information content (AvgIpc) is 3.29. The van der Waals surface area contributed by atoms with Crippen LogP contribution in [0.2, 0.25) is 0 Å². The summed E-state index contributed by atoms with van der Waals surface area (Å²) in [6, 6.07) is 13.4. The van der Waals surface area contributed by atoms with E-state index in [1.165, 1.54) is 11.8 Å². The summed E-state index contributed by atoms with van der Waals surface area (Å²) in [5, 5.41) is 3.65. The van der Waals surface area contributed by atoms with E-state index in [1.54, 1.807) is 24.4 Å². The van der Waals surface area contributed by atoms with Crippen LogP contribution in [-0.2, 0) is 4.79 Å². The normalized spacial score (nSPS) is 12.2. The number of carbonyl (C=O) groups is 1. The topological polar surface area (TPSA) is 65.4 Å². The number of rotatable bonds is 5. The summed E-state index contributed by atoms with van der Waals surface area (Å²) in [7, 11) is 0. The van der Waals surface area contributed by atoms with Crippen LogP contribution in [0.5, 0.6) is 11.5 Å². The molecule has 0 radical (unpaired) electrons. The Hall–Kier alpha value is -2.93. The largest absolute Gasteiger partial charge is 0.454 e. The van der Waals surface area contributed by atoms with E-state index in [2.05, 4.69) is 23.3 Å². The van der Waals surface area contributed by atoms with Crippen LogP contribution in [0.25, 0.3) is 5.69 Å². The zero-order chi connectivity index (χ0) is 17.9. The first-order chi connectivity index (χ1) is 12.7. The van der Waals surface area contributed by atoms with Crippen LogP contribution < -0.4 is 14.8 Å². The molecule has 1 aliphatic rings. The van der Waals surface area contributed by atoms with Gasteiger partial charge in [-0.15, -0.1) is 0 Å². The van der Waals surface area contributed by atoms with Crippen LogP contribution in [0.3, 0.4) is 0 Å². The molecule has 1 amide bonds. The molecular formula is C19H17N3O3S. The number of thioether (sulfide) groups is 1. The van der Waals surface area contributed by atoms with E-state index in [0.29, 0.717) is 17.2 Å². The molecule has 0 bridgehead atoms. The Morgan fingerprint density at radius 3 is 2.96 bits per heavy atom. The molecule has 0 spiro atoms. The second-order valence-corrected chi connectivity index (χ2v) is 6.71. The number of benzene rings is 2. The highest BCUT2D eigenvalue weighted by Crippen LogP contribution is 2.34. The number of ether oxygens (including phenoxy) is 2. The van der Waals surface area contributed by atoms with Gasteiger partial charge in [0.2, 0.25) is 12.7 Å². The number of hydrogen-bond donors (Lipinski definition) is 1. The molecule has 26 heavy (non-hydrogen) atoms. The van der Waals surface area contributed by atoms with Crippen molar-refractivity contribution in [3.8, 4) is 17.2 Å². The molecule has 1 aliphatic heterocycles. The summed E-state index contributed by atoms with van der Waals surface area (Å²) >= 11 is 1.39. The second kappa shape index (κ2) is 7.13. The number of anilines is 1. The van der Waals surface area contributed by atoms with Crippen molar-refractivity contribution in [1.29, 1.82) is 0 Å². The van der Waals surface area contributed by atoms with Crippen molar-refractivity contribution in [3.05, 3.63) is 60.4 Å². The van der Waals surface area contributed by atoms with E-state index in [-0.39, 0.29) is 18.5 Å². The van der Waals surface area contributed by atoms with Crippen molar-refractivity contribution in [2.75, 3.05) is 17.9 Å². The Morgan fingerprint density at radius 2 is 2.08 bits per heavy atom. The summed E-state index contributed by atoms with van der Waals surface area (Å²) in [5.41, 5.74) is 2.89. The Morgan fingerprint density at radius 1 is 1.23 bits per heavy atom. The molecule has 0 atom stereocenters. The van der Waals surface area contributed by atoms with E-state index in [0.717, 1.165) is 16.4 Å². The van der Waals surface area contributed by atoms with Gasteiger partial charge in [0.15, 0.2) is 16.7 Å². The van der Waals surface area contributed by atoms with Crippen molar-refractivity contribution < 1.29 is 14.3 Å². The number of para-hydroxylation sites is 1. The lowest BCUT2D eigenvalue weighted by atomic mass is 10.2. The fourth-order valence-electron chi connectivity index (χ4n) is 2.72. The van der Waals surface area contributed by atoms with Crippen LogP contribution in [0.15, 0.2) is 60.0 Å². The first kappa shape index (κ1) is 16.5. The molecular weight excluding hydrogens is 350 g/mol. The lowest BCUT2D eigenvalue weighted by Crippen LogP contribution is -2.14. The minimum absolute atomic E-state index is 0.104. The third-order valence-corrected chi connectivity index (χ3v) is 4.94. The Kier molecular flexibility index (Phi) is 4.53. The predicted octanol–water partition coefficient (Wildman–Crippen LogP) is 3.64. The summed E-state index contributed by atoms with van der Waals surface area (Å²) in [6.45, 7) is 2.26. The molecule has 132 valence electrons. The molecule has 6 nitrogen and oxygen atoms in total. The lowest BCUT2D eigenvalue weighted by molar-refractivity contribution is -0.113. The fraction of sp³-hybridized carbons (Fsp3) is 0.158. The zero-order valence-electron chi connectivity index (χ0n) is 14.1. The molecule has 0 aliphatic carbocycles. The first-order valence-corrected chi connectivity index (χ1v) is 9.11. The number of imidazole rings is 1. The van der Waals surface area contributed by atoms with Gasteiger partial charge in [0.25, 0.3) is 0 Å². The van der Waals surface area contributed by atoms with Crippen LogP contribution in [0, 0.1) is 6.92 Å². The van der Waals surface area contributed by atoms with Crippen molar-refractivity contribution in [3.63, 3.8) is 0 Å². The molecule has 2 heterocycles. The van der Waals surface area contributed by atoms with Gasteiger partial charge < -0.3 is 14.8 Å². The SMILES string of the molecule is Cc1ccccc1-n1ccnc1SCC(=O)Nc1ccc2c(c1)OCO2. The van der Waals surface area contributed by atoms with Crippen LogP contribution in [0.1, 0.15) is 5.56 Å². The third kappa shape index (κ3) is 3.39. The Labute approximate surface area is 155 Å². The van der Waals surface area contributed by atoms with E-state index < -0.39 is 0 Å². The maximum absolute atomic E-state index is 12.3. The van der Waals surface area contributed by atoms with E-state index >= 15 is 0 Å². The molecule has 0 unspecified atom stereocenters. The van der Waals surface area contributed by atoms with Gasteiger partial charge in [-0.25, -0.2) is 4.98 Å². The number of amides is 1. The smallest absolute Gasteiger partial charge is 0.234 e. The van der Waals surface area contributed by atoms with Crippen molar-refractivity contribution in [1.82, 2.24) is 9.55 Å². The van der Waals surface area contributed by atoms with Gasteiger partial charge in [0.1, 0.15) is 0 Å². The number of nitrogens with one attached hydrogen (secondary N) is 1. The number of hydrogen-bond acceptors (Lipinski definition) is 5. The van der Waals surface area contributed by atoms with Crippen molar-refractivity contribution >= 4 is 23.4 Å². The molecule has 0 saturated carbocycles. The first-order valence-electron chi connectivity index (χ1n) is 8.12. The van der Waals surface area contributed by atoms with E-state index in [9.17, 15) is 4.79 Å². The quantitative estimate of drug-likeness (QED) is 0.698. The van der Waals surface area contributed by atoms with Crippen molar-refractivity contribution in [2.45, 2.75) is 12.1 Å². The number of nitrogens with zero attached hydrogens (tertiary/aromatic N) is 2. The maximum Gasteiger partial charge on any atom is 0.234 e. The maximum atomic E-state index is 12.3. The molecule has 7 heteroatoms. The minimum atomic E-state index is -0.104. The van der Waals surface area contributed by atoms with Gasteiger partial charge in [-0.05, 0) is 30.7 Å². The van der Waals surface area contributed by atoms with Gasteiger partial charge in [-0.2, -0.15) is 0 Å². The highest BCUT2D eigenvalue weighted by Gasteiger charge is 2.15. The van der Waals surface area contributed by atoms with Gasteiger partial charge in [0.05, 0.1) is 11.4 Å². The van der Waals surface area contributed by atoms with Gasteiger partial charge in [-0.3, -0.25) is 9.36 Å². The molecule has 1 N–H and O–H groups in total. The van der Waals surface area contributed by atoms with Gasteiger partial charge in [0, 0.05) is 24.1 Å². The second-order valence-electron chi connectivity index (χ2n) is 5.77. The Bertz CT molecular complexity index is 955. The number of carbonyl (C=O) groups excluding carboxylic acids is 1.